The molecule has 0 aliphatic carbocycles. The molecular formula is C13H16F2N2O. The van der Waals surface area contributed by atoms with Crippen molar-refractivity contribution in [3.63, 3.8) is 0 Å². The Hall–Kier alpha value is -1.49. The first kappa shape index (κ1) is 13.0. The molecule has 0 aromatic heterocycles. The quantitative estimate of drug-likeness (QED) is 0.893. The number of nitrogens with one attached hydrogen (secondary N) is 1. The van der Waals surface area contributed by atoms with Gasteiger partial charge in [0, 0.05) is 0 Å². The van der Waals surface area contributed by atoms with Crippen LogP contribution in [0, 0.1) is 0 Å². The number of hydrogen-bond acceptors (Lipinski definition) is 2. The molecule has 2 atom stereocenters. The first-order chi connectivity index (χ1) is 8.63. The monoisotopic (exact) mass is 254 g/mol. The summed E-state index contributed by atoms with van der Waals surface area (Å²) in [5.41, 5.74) is 0.836. The van der Waals surface area contributed by atoms with Gasteiger partial charge in [0.2, 0.25) is 5.91 Å². The smallest absolute Gasteiger partial charge is 0.255 e. The van der Waals surface area contributed by atoms with Crippen LogP contribution in [0.1, 0.15) is 25.1 Å². The average molecular weight is 254 g/mol. The molecule has 0 radical (unpaired) electrons. The van der Waals surface area contributed by atoms with Gasteiger partial charge in [0.05, 0.1) is 12.6 Å². The number of carbonyl (C=O) groups excluding carboxylic acids is 1. The van der Waals surface area contributed by atoms with E-state index in [0.717, 1.165) is 5.56 Å². The fraction of sp³-hybridized carbons (Fsp3) is 0.462. The van der Waals surface area contributed by atoms with Crippen LogP contribution in [-0.2, 0) is 4.79 Å². The van der Waals surface area contributed by atoms with Crippen molar-refractivity contribution in [1.29, 1.82) is 0 Å². The van der Waals surface area contributed by atoms with E-state index in [0.29, 0.717) is 6.42 Å². The van der Waals surface area contributed by atoms with Crippen LogP contribution in [0.25, 0.3) is 0 Å². The summed E-state index contributed by atoms with van der Waals surface area (Å²) in [7, 11) is 0. The Bertz CT molecular complexity index is 411. The van der Waals surface area contributed by atoms with Gasteiger partial charge in [-0.1, -0.05) is 37.3 Å². The molecule has 0 spiro atoms. The molecule has 1 saturated heterocycles. The highest BCUT2D eigenvalue weighted by Crippen LogP contribution is 2.26. The van der Waals surface area contributed by atoms with Crippen molar-refractivity contribution in [2.45, 2.75) is 32.0 Å². The van der Waals surface area contributed by atoms with Gasteiger partial charge in [-0.2, -0.15) is 0 Å². The van der Waals surface area contributed by atoms with Crippen molar-refractivity contribution >= 4 is 5.91 Å². The van der Waals surface area contributed by atoms with Crippen LogP contribution in [0.2, 0.25) is 0 Å². The third-order valence-electron chi connectivity index (χ3n) is 3.11. The van der Waals surface area contributed by atoms with Crippen molar-refractivity contribution in [2.75, 3.05) is 6.54 Å². The van der Waals surface area contributed by atoms with Crippen molar-refractivity contribution in [3.8, 4) is 0 Å². The SMILES string of the molecule is CCC1NC(c2ccccc2)N(CC(F)F)C1=O. The van der Waals surface area contributed by atoms with E-state index < -0.39 is 19.1 Å². The molecule has 2 rings (SSSR count). The number of alkyl halides is 2. The maximum atomic E-state index is 12.6. The van der Waals surface area contributed by atoms with Gasteiger partial charge >= 0.3 is 0 Å². The number of rotatable bonds is 4. The van der Waals surface area contributed by atoms with Gasteiger partial charge < -0.3 is 4.90 Å². The van der Waals surface area contributed by atoms with Crippen molar-refractivity contribution in [2.24, 2.45) is 0 Å². The second kappa shape index (κ2) is 5.44. The summed E-state index contributed by atoms with van der Waals surface area (Å²) in [6, 6.07) is 8.83. The first-order valence-corrected chi connectivity index (χ1v) is 6.03. The number of halogens is 2. The predicted molar refractivity (Wildman–Crippen MR) is 64.1 cm³/mol. The van der Waals surface area contributed by atoms with E-state index in [1.165, 1.54) is 4.90 Å². The Morgan fingerprint density at radius 2 is 2.00 bits per heavy atom. The minimum absolute atomic E-state index is 0.244. The second-order valence-corrected chi connectivity index (χ2v) is 4.32. The molecule has 5 heteroatoms. The van der Waals surface area contributed by atoms with Gasteiger partial charge in [0.15, 0.2) is 0 Å². The Labute approximate surface area is 105 Å². The van der Waals surface area contributed by atoms with Crippen molar-refractivity contribution in [3.05, 3.63) is 35.9 Å². The van der Waals surface area contributed by atoms with E-state index in [2.05, 4.69) is 5.32 Å². The predicted octanol–water partition coefficient (Wildman–Crippen LogP) is 2.16. The first-order valence-electron chi connectivity index (χ1n) is 6.03. The summed E-state index contributed by atoms with van der Waals surface area (Å²) in [5, 5.41) is 3.11. The minimum atomic E-state index is -2.52. The molecule has 1 heterocycles. The molecule has 1 amide bonds. The molecule has 1 aliphatic heterocycles. The molecule has 0 bridgehead atoms. The van der Waals surface area contributed by atoms with Crippen LogP contribution in [-0.4, -0.2) is 29.8 Å². The fourth-order valence-corrected chi connectivity index (χ4v) is 2.23. The van der Waals surface area contributed by atoms with Crippen LogP contribution in [0.5, 0.6) is 0 Å². The number of benzene rings is 1. The number of hydrogen-bond donors (Lipinski definition) is 1. The zero-order valence-electron chi connectivity index (χ0n) is 10.1. The molecule has 0 saturated carbocycles. The van der Waals surface area contributed by atoms with E-state index in [1.807, 2.05) is 37.3 Å². The van der Waals surface area contributed by atoms with E-state index in [1.54, 1.807) is 0 Å². The zero-order valence-corrected chi connectivity index (χ0v) is 10.1. The largest absolute Gasteiger partial charge is 0.316 e. The summed E-state index contributed by atoms with van der Waals surface area (Å²) >= 11 is 0. The topological polar surface area (TPSA) is 32.3 Å². The number of carbonyl (C=O) groups is 1. The van der Waals surface area contributed by atoms with Crippen LogP contribution < -0.4 is 5.32 Å². The molecular weight excluding hydrogens is 238 g/mol. The van der Waals surface area contributed by atoms with Gasteiger partial charge in [-0.25, -0.2) is 8.78 Å². The fourth-order valence-electron chi connectivity index (χ4n) is 2.23. The van der Waals surface area contributed by atoms with E-state index in [4.69, 9.17) is 0 Å². The maximum Gasteiger partial charge on any atom is 0.255 e. The standard InChI is InChI=1S/C13H16F2N2O/c1-2-10-13(18)17(8-11(14)15)12(16-10)9-6-4-3-5-7-9/h3-7,10-12,16H,2,8H2,1H3. The summed E-state index contributed by atoms with van der Waals surface area (Å²) in [6.45, 7) is 1.34. The van der Waals surface area contributed by atoms with E-state index in [9.17, 15) is 13.6 Å². The van der Waals surface area contributed by atoms with Crippen LogP contribution >= 0.6 is 0 Å². The maximum absolute atomic E-state index is 12.6. The second-order valence-electron chi connectivity index (χ2n) is 4.32. The highest BCUT2D eigenvalue weighted by Gasteiger charge is 2.39. The molecule has 1 aliphatic rings. The highest BCUT2D eigenvalue weighted by atomic mass is 19.3. The summed E-state index contributed by atoms with van der Waals surface area (Å²) in [4.78, 5) is 13.2. The summed E-state index contributed by atoms with van der Waals surface area (Å²) in [6.07, 6.45) is -2.36. The minimum Gasteiger partial charge on any atom is -0.316 e. The normalized spacial score (nSPS) is 24.0. The van der Waals surface area contributed by atoms with Crippen molar-refractivity contribution < 1.29 is 13.6 Å². The number of amides is 1. The molecule has 3 nitrogen and oxygen atoms in total. The number of nitrogens with zero attached hydrogens (tertiary/aromatic N) is 1. The highest BCUT2D eigenvalue weighted by molar-refractivity contribution is 5.84. The lowest BCUT2D eigenvalue weighted by Crippen LogP contribution is -2.34. The van der Waals surface area contributed by atoms with Crippen LogP contribution in [0.4, 0.5) is 8.78 Å². The van der Waals surface area contributed by atoms with Gasteiger partial charge in [-0.3, -0.25) is 10.1 Å². The zero-order chi connectivity index (χ0) is 13.1. The van der Waals surface area contributed by atoms with Gasteiger partial charge in [-0.05, 0) is 12.0 Å². The Kier molecular flexibility index (Phi) is 3.91. The molecule has 1 N–H and O–H groups in total. The Balaban J connectivity index is 2.24. The van der Waals surface area contributed by atoms with E-state index in [-0.39, 0.29) is 11.9 Å². The lowest BCUT2D eigenvalue weighted by atomic mass is 10.1. The van der Waals surface area contributed by atoms with Crippen LogP contribution in [0.15, 0.2) is 30.3 Å². The Morgan fingerprint density at radius 1 is 1.33 bits per heavy atom. The Morgan fingerprint density at radius 3 is 2.56 bits per heavy atom. The summed E-state index contributed by atoms with van der Waals surface area (Å²) < 4.78 is 25.1. The third-order valence-corrected chi connectivity index (χ3v) is 3.11. The van der Waals surface area contributed by atoms with Gasteiger partial charge in [0.25, 0.3) is 6.43 Å². The lowest BCUT2D eigenvalue weighted by molar-refractivity contribution is -0.132. The average Bonchev–Trinajstić information content (AvgIpc) is 2.67. The van der Waals surface area contributed by atoms with Crippen molar-refractivity contribution in [1.82, 2.24) is 10.2 Å². The lowest BCUT2D eigenvalue weighted by Gasteiger charge is -2.24. The molecule has 1 fully saturated rings. The van der Waals surface area contributed by atoms with Gasteiger partial charge in [0.1, 0.15) is 6.17 Å². The molecule has 18 heavy (non-hydrogen) atoms. The van der Waals surface area contributed by atoms with E-state index >= 15 is 0 Å². The van der Waals surface area contributed by atoms with Gasteiger partial charge in [-0.15, -0.1) is 0 Å². The molecule has 1 aromatic carbocycles. The van der Waals surface area contributed by atoms with Crippen LogP contribution in [0.3, 0.4) is 0 Å². The third kappa shape index (κ3) is 2.51. The summed E-state index contributed by atoms with van der Waals surface area (Å²) in [5.74, 6) is -0.244. The molecule has 1 aromatic rings. The molecule has 98 valence electrons. The molecule has 2 unspecified atom stereocenters.